The van der Waals surface area contributed by atoms with E-state index in [1.165, 1.54) is 0 Å². The molecule has 0 bridgehead atoms. The van der Waals surface area contributed by atoms with Gasteiger partial charge in [0.1, 0.15) is 6.17 Å². The molecule has 1 aromatic carbocycles. The number of halogens is 2. The predicted molar refractivity (Wildman–Crippen MR) is 56.3 cm³/mol. The molecule has 3 heteroatoms. The number of hydrogen-bond donors (Lipinski definition) is 1. The molecule has 76 valence electrons. The SMILES string of the molecule is FC1CCNC(c2ccc(Cl)cc2)C1. The molecule has 1 saturated heterocycles. The zero-order valence-corrected chi connectivity index (χ0v) is 8.60. The summed E-state index contributed by atoms with van der Waals surface area (Å²) in [5, 5.41) is 4.03. The maximum absolute atomic E-state index is 13.1. The number of piperidine rings is 1. The molecule has 0 spiro atoms. The zero-order valence-electron chi connectivity index (χ0n) is 7.84. The average Bonchev–Trinajstić information content (AvgIpc) is 2.19. The minimum Gasteiger partial charge on any atom is -0.310 e. The van der Waals surface area contributed by atoms with Gasteiger partial charge >= 0.3 is 0 Å². The van der Waals surface area contributed by atoms with Gasteiger partial charge in [0.05, 0.1) is 0 Å². The summed E-state index contributed by atoms with van der Waals surface area (Å²) < 4.78 is 13.1. The van der Waals surface area contributed by atoms with Crippen LogP contribution in [0.3, 0.4) is 0 Å². The van der Waals surface area contributed by atoms with E-state index in [0.717, 1.165) is 17.1 Å². The largest absolute Gasteiger partial charge is 0.310 e. The molecule has 0 aromatic heterocycles. The third kappa shape index (κ3) is 2.25. The normalized spacial score (nSPS) is 27.6. The number of benzene rings is 1. The van der Waals surface area contributed by atoms with Crippen LogP contribution >= 0.6 is 11.6 Å². The molecule has 1 aliphatic rings. The van der Waals surface area contributed by atoms with E-state index in [4.69, 9.17) is 11.6 Å². The van der Waals surface area contributed by atoms with Gasteiger partial charge in [-0.25, -0.2) is 4.39 Å². The zero-order chi connectivity index (χ0) is 9.97. The van der Waals surface area contributed by atoms with E-state index in [1.807, 2.05) is 24.3 Å². The van der Waals surface area contributed by atoms with Crippen molar-refractivity contribution in [3.63, 3.8) is 0 Å². The van der Waals surface area contributed by atoms with Gasteiger partial charge in [0.2, 0.25) is 0 Å². The minimum absolute atomic E-state index is 0.149. The Morgan fingerprint density at radius 3 is 2.64 bits per heavy atom. The molecule has 1 aliphatic heterocycles. The standard InChI is InChI=1S/C11H13ClFN/c12-9-3-1-8(2-4-9)11-7-10(13)5-6-14-11/h1-4,10-11,14H,5-7H2. The van der Waals surface area contributed by atoms with Gasteiger partial charge in [-0.05, 0) is 37.1 Å². The van der Waals surface area contributed by atoms with E-state index in [-0.39, 0.29) is 6.04 Å². The lowest BCUT2D eigenvalue weighted by atomic mass is 9.96. The predicted octanol–water partition coefficient (Wildman–Crippen LogP) is 3.10. The molecule has 0 amide bonds. The highest BCUT2D eigenvalue weighted by Gasteiger charge is 2.21. The lowest BCUT2D eigenvalue weighted by molar-refractivity contribution is 0.224. The molecule has 14 heavy (non-hydrogen) atoms. The van der Waals surface area contributed by atoms with E-state index < -0.39 is 6.17 Å². The fraction of sp³-hybridized carbons (Fsp3) is 0.455. The Balaban J connectivity index is 2.10. The molecule has 2 unspecified atom stereocenters. The van der Waals surface area contributed by atoms with Crippen LogP contribution in [0.4, 0.5) is 4.39 Å². The van der Waals surface area contributed by atoms with Gasteiger partial charge in [-0.15, -0.1) is 0 Å². The third-order valence-electron chi connectivity index (χ3n) is 2.61. The van der Waals surface area contributed by atoms with Crippen LogP contribution < -0.4 is 5.32 Å². The highest BCUT2D eigenvalue weighted by molar-refractivity contribution is 6.30. The first-order valence-corrected chi connectivity index (χ1v) is 5.26. The summed E-state index contributed by atoms with van der Waals surface area (Å²) in [5.41, 5.74) is 1.12. The van der Waals surface area contributed by atoms with Crippen molar-refractivity contribution in [3.8, 4) is 0 Å². The summed E-state index contributed by atoms with van der Waals surface area (Å²) in [6, 6.07) is 7.76. The fourth-order valence-corrected chi connectivity index (χ4v) is 1.95. The lowest BCUT2D eigenvalue weighted by Gasteiger charge is -2.26. The van der Waals surface area contributed by atoms with Crippen molar-refractivity contribution in [2.24, 2.45) is 0 Å². The molecule has 0 radical (unpaired) electrons. The molecular formula is C11H13ClFN. The van der Waals surface area contributed by atoms with E-state index in [9.17, 15) is 4.39 Å². The van der Waals surface area contributed by atoms with Crippen LogP contribution in [-0.2, 0) is 0 Å². The summed E-state index contributed by atoms with van der Waals surface area (Å²) in [4.78, 5) is 0. The van der Waals surface area contributed by atoms with E-state index in [1.54, 1.807) is 0 Å². The minimum atomic E-state index is -0.670. The Labute approximate surface area is 88.3 Å². The molecule has 1 aromatic rings. The quantitative estimate of drug-likeness (QED) is 0.756. The van der Waals surface area contributed by atoms with E-state index >= 15 is 0 Å². The van der Waals surface area contributed by atoms with Gasteiger partial charge in [-0.2, -0.15) is 0 Å². The summed E-state index contributed by atoms with van der Waals surface area (Å²) in [6.07, 6.45) is 0.531. The highest BCUT2D eigenvalue weighted by atomic mass is 35.5. The molecule has 0 saturated carbocycles. The molecular weight excluding hydrogens is 201 g/mol. The lowest BCUT2D eigenvalue weighted by Crippen LogP contribution is -2.32. The molecule has 1 fully saturated rings. The summed E-state index contributed by atoms with van der Waals surface area (Å²) in [7, 11) is 0. The van der Waals surface area contributed by atoms with Crippen molar-refractivity contribution < 1.29 is 4.39 Å². The highest BCUT2D eigenvalue weighted by Crippen LogP contribution is 2.25. The average molecular weight is 214 g/mol. The smallest absolute Gasteiger partial charge is 0.103 e. The summed E-state index contributed by atoms with van der Waals surface area (Å²) in [5.74, 6) is 0. The molecule has 2 rings (SSSR count). The summed E-state index contributed by atoms with van der Waals surface area (Å²) in [6.45, 7) is 0.758. The first-order valence-electron chi connectivity index (χ1n) is 4.88. The molecule has 1 nitrogen and oxygen atoms in total. The van der Waals surface area contributed by atoms with Crippen molar-refractivity contribution in [1.29, 1.82) is 0 Å². The Kier molecular flexibility index (Phi) is 3.04. The third-order valence-corrected chi connectivity index (χ3v) is 2.86. The number of nitrogens with one attached hydrogen (secondary N) is 1. The number of rotatable bonds is 1. The second-order valence-electron chi connectivity index (χ2n) is 3.68. The van der Waals surface area contributed by atoms with Crippen LogP contribution in [-0.4, -0.2) is 12.7 Å². The van der Waals surface area contributed by atoms with Crippen LogP contribution in [0.5, 0.6) is 0 Å². The first kappa shape index (κ1) is 9.94. The van der Waals surface area contributed by atoms with Crippen LogP contribution in [0.1, 0.15) is 24.4 Å². The van der Waals surface area contributed by atoms with Crippen molar-refractivity contribution in [2.75, 3.05) is 6.54 Å². The van der Waals surface area contributed by atoms with Gasteiger partial charge in [0.15, 0.2) is 0 Å². The van der Waals surface area contributed by atoms with E-state index in [2.05, 4.69) is 5.32 Å². The molecule has 1 N–H and O–H groups in total. The Hall–Kier alpha value is -0.600. The first-order chi connectivity index (χ1) is 6.75. The Morgan fingerprint density at radius 2 is 2.00 bits per heavy atom. The maximum Gasteiger partial charge on any atom is 0.103 e. The summed E-state index contributed by atoms with van der Waals surface area (Å²) >= 11 is 5.78. The molecule has 2 atom stereocenters. The van der Waals surface area contributed by atoms with Gasteiger partial charge in [-0.1, -0.05) is 23.7 Å². The Morgan fingerprint density at radius 1 is 1.29 bits per heavy atom. The second kappa shape index (κ2) is 4.28. The van der Waals surface area contributed by atoms with Crippen molar-refractivity contribution in [2.45, 2.75) is 25.1 Å². The van der Waals surface area contributed by atoms with Crippen molar-refractivity contribution in [1.82, 2.24) is 5.32 Å². The van der Waals surface area contributed by atoms with E-state index in [0.29, 0.717) is 12.8 Å². The monoisotopic (exact) mass is 213 g/mol. The fourth-order valence-electron chi connectivity index (χ4n) is 1.82. The number of hydrogen-bond acceptors (Lipinski definition) is 1. The van der Waals surface area contributed by atoms with Crippen LogP contribution in [0.15, 0.2) is 24.3 Å². The van der Waals surface area contributed by atoms with Gasteiger partial charge in [0.25, 0.3) is 0 Å². The maximum atomic E-state index is 13.1. The van der Waals surface area contributed by atoms with Crippen molar-refractivity contribution in [3.05, 3.63) is 34.9 Å². The van der Waals surface area contributed by atoms with Crippen LogP contribution in [0, 0.1) is 0 Å². The second-order valence-corrected chi connectivity index (χ2v) is 4.12. The van der Waals surface area contributed by atoms with Crippen molar-refractivity contribution >= 4 is 11.6 Å². The topological polar surface area (TPSA) is 12.0 Å². The van der Waals surface area contributed by atoms with Gasteiger partial charge < -0.3 is 5.32 Å². The molecule has 1 heterocycles. The van der Waals surface area contributed by atoms with Gasteiger partial charge in [0, 0.05) is 11.1 Å². The van der Waals surface area contributed by atoms with Crippen LogP contribution in [0.25, 0.3) is 0 Å². The molecule has 0 aliphatic carbocycles. The van der Waals surface area contributed by atoms with Gasteiger partial charge in [-0.3, -0.25) is 0 Å². The Bertz CT molecular complexity index is 299. The number of alkyl halides is 1. The van der Waals surface area contributed by atoms with Crippen LogP contribution in [0.2, 0.25) is 5.02 Å².